The Morgan fingerprint density at radius 2 is 1.86 bits per heavy atom. The summed E-state index contributed by atoms with van der Waals surface area (Å²) in [6.07, 6.45) is 0. The summed E-state index contributed by atoms with van der Waals surface area (Å²) in [5, 5.41) is 5.64. The van der Waals surface area contributed by atoms with Crippen LogP contribution in [0, 0.1) is 11.6 Å². The molecule has 0 unspecified atom stereocenters. The molecule has 2 aromatic rings. The molecule has 3 rings (SSSR count). The molecular weight excluding hydrogens is 342 g/mol. The van der Waals surface area contributed by atoms with Crippen LogP contribution in [0.5, 0.6) is 0 Å². The number of hydrogen-bond donors (Lipinski definition) is 2. The maximum atomic E-state index is 13.6. The van der Waals surface area contributed by atoms with Gasteiger partial charge in [0.1, 0.15) is 11.6 Å². The average Bonchev–Trinajstić information content (AvgIpc) is 2.92. The lowest BCUT2D eigenvalue weighted by atomic mass is 10.1. The monoisotopic (exact) mass is 352 g/mol. The van der Waals surface area contributed by atoms with E-state index in [1.165, 1.54) is 6.07 Å². The Balaban J connectivity index is 1.85. The second-order valence-electron chi connectivity index (χ2n) is 4.79. The molecule has 2 aromatic carbocycles. The van der Waals surface area contributed by atoms with Gasteiger partial charge in [-0.05, 0) is 45.3 Å². The van der Waals surface area contributed by atoms with Gasteiger partial charge in [-0.3, -0.25) is 4.79 Å². The maximum Gasteiger partial charge on any atom is 0.255 e. The fraction of sp³-hybridized carbons (Fsp3) is 0.133. The first-order valence-corrected chi connectivity index (χ1v) is 7.12. The zero-order valence-electron chi connectivity index (χ0n) is 10.8. The number of anilines is 1. The molecule has 1 aliphatic heterocycles. The van der Waals surface area contributed by atoms with E-state index in [1.807, 2.05) is 6.07 Å². The van der Waals surface area contributed by atoms with Gasteiger partial charge in [-0.1, -0.05) is 6.07 Å². The van der Waals surface area contributed by atoms with Crippen LogP contribution in [0.1, 0.15) is 21.5 Å². The van der Waals surface area contributed by atoms with Gasteiger partial charge in [0.05, 0.1) is 10.2 Å². The van der Waals surface area contributed by atoms with Gasteiger partial charge in [0.25, 0.3) is 5.91 Å². The number of amides is 1. The summed E-state index contributed by atoms with van der Waals surface area (Å²) >= 11 is 2.97. The van der Waals surface area contributed by atoms with Crippen LogP contribution in [0.3, 0.4) is 0 Å². The average molecular weight is 353 g/mol. The van der Waals surface area contributed by atoms with Crippen molar-refractivity contribution in [2.24, 2.45) is 0 Å². The van der Waals surface area contributed by atoms with E-state index in [9.17, 15) is 13.6 Å². The van der Waals surface area contributed by atoms with Crippen LogP contribution >= 0.6 is 15.9 Å². The van der Waals surface area contributed by atoms with Crippen LogP contribution in [0.15, 0.2) is 34.8 Å². The van der Waals surface area contributed by atoms with E-state index in [0.717, 1.165) is 23.7 Å². The predicted molar refractivity (Wildman–Crippen MR) is 79.0 cm³/mol. The first-order chi connectivity index (χ1) is 10.0. The van der Waals surface area contributed by atoms with Crippen molar-refractivity contribution in [3.63, 3.8) is 0 Å². The molecule has 0 saturated carbocycles. The molecule has 6 heteroatoms. The molecule has 3 nitrogen and oxygen atoms in total. The lowest BCUT2D eigenvalue weighted by Crippen LogP contribution is -2.13. The van der Waals surface area contributed by atoms with E-state index < -0.39 is 17.5 Å². The molecule has 0 atom stereocenters. The molecular formula is C15H11BrF2N2O. The molecule has 1 aliphatic rings. The van der Waals surface area contributed by atoms with Crippen molar-refractivity contribution in [2.75, 3.05) is 5.32 Å². The lowest BCUT2D eigenvalue weighted by Gasteiger charge is -2.08. The number of benzene rings is 2. The maximum absolute atomic E-state index is 13.6. The van der Waals surface area contributed by atoms with Gasteiger partial charge >= 0.3 is 0 Å². The number of carbonyl (C=O) groups is 1. The van der Waals surface area contributed by atoms with Gasteiger partial charge in [0, 0.05) is 24.7 Å². The molecule has 0 aromatic heterocycles. The molecule has 0 radical (unpaired) electrons. The minimum Gasteiger partial charge on any atom is -0.319 e. The van der Waals surface area contributed by atoms with Crippen molar-refractivity contribution in [3.05, 3.63) is 63.1 Å². The Kier molecular flexibility index (Phi) is 3.73. The SMILES string of the molecule is O=C(Nc1cc(Br)c(F)cc1F)c1ccc2c(c1)CNC2. The van der Waals surface area contributed by atoms with Crippen molar-refractivity contribution >= 4 is 27.5 Å². The molecule has 108 valence electrons. The smallest absolute Gasteiger partial charge is 0.255 e. The van der Waals surface area contributed by atoms with E-state index in [4.69, 9.17) is 0 Å². The predicted octanol–water partition coefficient (Wildman–Crippen LogP) is 3.58. The Morgan fingerprint density at radius 1 is 1.10 bits per heavy atom. The standard InChI is InChI=1S/C15H11BrF2N2O/c16-11-4-14(13(18)5-12(11)17)20-15(21)8-1-2-9-6-19-7-10(9)3-8/h1-5,19H,6-7H2,(H,20,21). The van der Waals surface area contributed by atoms with Gasteiger partial charge in [-0.15, -0.1) is 0 Å². The number of hydrogen-bond acceptors (Lipinski definition) is 2. The first-order valence-electron chi connectivity index (χ1n) is 6.33. The lowest BCUT2D eigenvalue weighted by molar-refractivity contribution is 0.102. The summed E-state index contributed by atoms with van der Waals surface area (Å²) in [5.41, 5.74) is 2.59. The highest BCUT2D eigenvalue weighted by molar-refractivity contribution is 9.10. The van der Waals surface area contributed by atoms with Crippen LogP contribution in [0.2, 0.25) is 0 Å². The van der Waals surface area contributed by atoms with Crippen LogP contribution in [0.25, 0.3) is 0 Å². The molecule has 2 N–H and O–H groups in total. The largest absolute Gasteiger partial charge is 0.319 e. The van der Waals surface area contributed by atoms with Gasteiger partial charge < -0.3 is 10.6 Å². The van der Waals surface area contributed by atoms with Gasteiger partial charge in [0.15, 0.2) is 0 Å². The third kappa shape index (κ3) is 2.82. The number of fused-ring (bicyclic) bond motifs is 1. The van der Waals surface area contributed by atoms with Crippen molar-refractivity contribution in [2.45, 2.75) is 13.1 Å². The fourth-order valence-electron chi connectivity index (χ4n) is 2.25. The Labute approximate surface area is 128 Å². The van der Waals surface area contributed by atoms with Crippen molar-refractivity contribution < 1.29 is 13.6 Å². The summed E-state index contributed by atoms with van der Waals surface area (Å²) in [7, 11) is 0. The van der Waals surface area contributed by atoms with E-state index in [1.54, 1.807) is 12.1 Å². The minimum atomic E-state index is -0.813. The highest BCUT2D eigenvalue weighted by Gasteiger charge is 2.15. The highest BCUT2D eigenvalue weighted by Crippen LogP contribution is 2.24. The number of halogens is 3. The van der Waals surface area contributed by atoms with Crippen LogP contribution in [-0.4, -0.2) is 5.91 Å². The first kappa shape index (κ1) is 14.2. The van der Waals surface area contributed by atoms with Crippen molar-refractivity contribution in [1.82, 2.24) is 5.32 Å². The second-order valence-corrected chi connectivity index (χ2v) is 5.64. The van der Waals surface area contributed by atoms with E-state index in [0.29, 0.717) is 12.1 Å². The molecule has 1 heterocycles. The van der Waals surface area contributed by atoms with Gasteiger partial charge in [-0.25, -0.2) is 8.78 Å². The summed E-state index contributed by atoms with van der Waals surface area (Å²) in [6, 6.07) is 7.28. The topological polar surface area (TPSA) is 41.1 Å². The molecule has 0 saturated heterocycles. The van der Waals surface area contributed by atoms with E-state index in [2.05, 4.69) is 26.6 Å². The van der Waals surface area contributed by atoms with Crippen molar-refractivity contribution in [3.8, 4) is 0 Å². The van der Waals surface area contributed by atoms with Crippen LogP contribution in [-0.2, 0) is 13.1 Å². The highest BCUT2D eigenvalue weighted by atomic mass is 79.9. The Hall–Kier alpha value is -1.79. The summed E-state index contributed by atoms with van der Waals surface area (Å²) < 4.78 is 26.9. The van der Waals surface area contributed by atoms with Crippen LogP contribution < -0.4 is 10.6 Å². The zero-order valence-corrected chi connectivity index (χ0v) is 12.4. The summed E-state index contributed by atoms with van der Waals surface area (Å²) in [4.78, 5) is 12.2. The van der Waals surface area contributed by atoms with Crippen LogP contribution in [0.4, 0.5) is 14.5 Å². The van der Waals surface area contributed by atoms with Gasteiger partial charge in [0.2, 0.25) is 0 Å². The van der Waals surface area contributed by atoms with E-state index >= 15 is 0 Å². The molecule has 1 amide bonds. The zero-order chi connectivity index (χ0) is 15.0. The third-order valence-electron chi connectivity index (χ3n) is 3.36. The number of rotatable bonds is 2. The molecule has 0 fully saturated rings. The number of carbonyl (C=O) groups excluding carboxylic acids is 1. The van der Waals surface area contributed by atoms with Gasteiger partial charge in [-0.2, -0.15) is 0 Å². The molecule has 0 bridgehead atoms. The number of nitrogens with one attached hydrogen (secondary N) is 2. The van der Waals surface area contributed by atoms with E-state index in [-0.39, 0.29) is 10.2 Å². The summed E-state index contributed by atoms with van der Waals surface area (Å²) in [6.45, 7) is 1.50. The fourth-order valence-corrected chi connectivity index (χ4v) is 2.59. The molecule has 21 heavy (non-hydrogen) atoms. The quantitative estimate of drug-likeness (QED) is 0.811. The minimum absolute atomic E-state index is 0.0631. The normalized spacial score (nSPS) is 13.1. The summed E-state index contributed by atoms with van der Waals surface area (Å²) in [5.74, 6) is -1.96. The molecule has 0 aliphatic carbocycles. The molecule has 0 spiro atoms. The second kappa shape index (κ2) is 5.54. The van der Waals surface area contributed by atoms with Crippen molar-refractivity contribution in [1.29, 1.82) is 0 Å². The Bertz CT molecular complexity index is 734. The third-order valence-corrected chi connectivity index (χ3v) is 3.97. The Morgan fingerprint density at radius 3 is 2.67 bits per heavy atom.